The van der Waals surface area contributed by atoms with Gasteiger partial charge in [-0.1, -0.05) is 42.8 Å². The van der Waals surface area contributed by atoms with Crippen LogP contribution in [0.4, 0.5) is 0 Å². The molecular formula is C17H26O3. The molecule has 1 unspecified atom stereocenters. The molecule has 1 aromatic rings. The Morgan fingerprint density at radius 1 is 1.10 bits per heavy atom. The van der Waals surface area contributed by atoms with Crippen molar-refractivity contribution in [1.82, 2.24) is 0 Å². The molecule has 0 fully saturated rings. The fourth-order valence-corrected chi connectivity index (χ4v) is 1.98. The van der Waals surface area contributed by atoms with Crippen LogP contribution in [0.2, 0.25) is 0 Å². The lowest BCUT2D eigenvalue weighted by atomic mass is 9.99. The van der Waals surface area contributed by atoms with Gasteiger partial charge in [0, 0.05) is 20.1 Å². The van der Waals surface area contributed by atoms with Crippen LogP contribution in [0, 0.1) is 0 Å². The number of hydrogen-bond donors (Lipinski definition) is 0. The molecule has 1 atom stereocenters. The first kappa shape index (κ1) is 16.9. The molecule has 0 aliphatic heterocycles. The number of ether oxygens (including phenoxy) is 3. The zero-order valence-electron chi connectivity index (χ0n) is 13.2. The Bertz CT molecular complexity index is 401. The lowest BCUT2D eigenvalue weighted by Crippen LogP contribution is -2.20. The molecule has 112 valence electrons. The molecule has 0 amide bonds. The number of benzene rings is 1. The fraction of sp³-hybridized carbons (Fsp3) is 0.529. The van der Waals surface area contributed by atoms with Crippen LogP contribution >= 0.6 is 0 Å². The van der Waals surface area contributed by atoms with Crippen LogP contribution in [0.3, 0.4) is 0 Å². The molecule has 3 heteroatoms. The first-order valence-electron chi connectivity index (χ1n) is 6.94. The second kappa shape index (κ2) is 8.90. The zero-order valence-corrected chi connectivity index (χ0v) is 13.2. The first-order valence-corrected chi connectivity index (χ1v) is 6.94. The van der Waals surface area contributed by atoms with Crippen molar-refractivity contribution in [3.8, 4) is 0 Å². The minimum atomic E-state index is -0.213. The Labute approximate surface area is 122 Å². The van der Waals surface area contributed by atoms with Crippen molar-refractivity contribution in [3.05, 3.63) is 47.0 Å². The Kier molecular flexibility index (Phi) is 7.52. The van der Waals surface area contributed by atoms with Crippen LogP contribution in [-0.2, 0) is 20.8 Å². The van der Waals surface area contributed by atoms with Crippen LogP contribution in [-0.4, -0.2) is 27.1 Å². The number of rotatable bonds is 8. The summed E-state index contributed by atoms with van der Waals surface area (Å²) in [6.45, 7) is 7.54. The summed E-state index contributed by atoms with van der Waals surface area (Å²) in [5, 5.41) is 0. The standard InChI is InChI=1S/C17H26O3/c1-13(2)10-11-20-12-15-6-8-16(9-7-15)14(3)17(18-4)19-5/h6-10,14,17H,11-12H2,1-5H3. The molecule has 20 heavy (non-hydrogen) atoms. The number of hydrogen-bond acceptors (Lipinski definition) is 3. The van der Waals surface area contributed by atoms with E-state index in [1.165, 1.54) is 16.7 Å². The molecule has 0 aliphatic carbocycles. The van der Waals surface area contributed by atoms with E-state index in [0.29, 0.717) is 13.2 Å². The maximum atomic E-state index is 5.59. The van der Waals surface area contributed by atoms with Gasteiger partial charge in [-0.2, -0.15) is 0 Å². The highest BCUT2D eigenvalue weighted by molar-refractivity contribution is 5.25. The highest BCUT2D eigenvalue weighted by Crippen LogP contribution is 2.22. The Morgan fingerprint density at radius 3 is 2.20 bits per heavy atom. The SMILES string of the molecule is COC(OC)C(C)c1ccc(COCC=C(C)C)cc1. The molecule has 1 rings (SSSR count). The normalized spacial score (nSPS) is 12.5. The molecular weight excluding hydrogens is 252 g/mol. The molecule has 0 spiro atoms. The molecule has 0 aliphatic rings. The Morgan fingerprint density at radius 2 is 1.70 bits per heavy atom. The van der Waals surface area contributed by atoms with E-state index in [2.05, 4.69) is 51.1 Å². The lowest BCUT2D eigenvalue weighted by Gasteiger charge is -2.21. The average Bonchev–Trinajstić information content (AvgIpc) is 2.45. The number of methoxy groups -OCH3 is 2. The monoisotopic (exact) mass is 278 g/mol. The molecule has 0 bridgehead atoms. The third-order valence-corrected chi connectivity index (χ3v) is 3.26. The molecule has 3 nitrogen and oxygen atoms in total. The van der Waals surface area contributed by atoms with Crippen LogP contribution in [0.5, 0.6) is 0 Å². The fourth-order valence-electron chi connectivity index (χ4n) is 1.98. The van der Waals surface area contributed by atoms with Gasteiger partial charge >= 0.3 is 0 Å². The smallest absolute Gasteiger partial charge is 0.163 e. The molecule has 0 aromatic heterocycles. The molecule has 0 radical (unpaired) electrons. The first-order chi connectivity index (χ1) is 9.58. The van der Waals surface area contributed by atoms with E-state index < -0.39 is 0 Å². The van der Waals surface area contributed by atoms with Crippen molar-refractivity contribution in [2.24, 2.45) is 0 Å². The molecule has 0 N–H and O–H groups in total. The van der Waals surface area contributed by atoms with E-state index in [9.17, 15) is 0 Å². The third kappa shape index (κ3) is 5.45. The van der Waals surface area contributed by atoms with Crippen molar-refractivity contribution in [1.29, 1.82) is 0 Å². The van der Waals surface area contributed by atoms with E-state index in [1.54, 1.807) is 14.2 Å². The minimum absolute atomic E-state index is 0.200. The summed E-state index contributed by atoms with van der Waals surface area (Å²) in [6.07, 6.45) is 1.87. The molecule has 1 aromatic carbocycles. The maximum absolute atomic E-state index is 5.59. The highest BCUT2D eigenvalue weighted by Gasteiger charge is 2.17. The summed E-state index contributed by atoms with van der Waals surface area (Å²) in [6, 6.07) is 8.40. The molecule has 0 saturated heterocycles. The van der Waals surface area contributed by atoms with Gasteiger partial charge in [0.15, 0.2) is 6.29 Å². The van der Waals surface area contributed by atoms with Crippen LogP contribution in [0.25, 0.3) is 0 Å². The summed E-state index contributed by atoms with van der Waals surface area (Å²) in [5.74, 6) is 0.200. The van der Waals surface area contributed by atoms with Gasteiger partial charge in [-0.25, -0.2) is 0 Å². The topological polar surface area (TPSA) is 27.7 Å². The van der Waals surface area contributed by atoms with Crippen molar-refractivity contribution in [2.75, 3.05) is 20.8 Å². The van der Waals surface area contributed by atoms with Gasteiger partial charge in [-0.15, -0.1) is 0 Å². The van der Waals surface area contributed by atoms with Crippen LogP contribution < -0.4 is 0 Å². The van der Waals surface area contributed by atoms with Crippen molar-refractivity contribution in [2.45, 2.75) is 39.6 Å². The average molecular weight is 278 g/mol. The van der Waals surface area contributed by atoms with E-state index in [-0.39, 0.29) is 12.2 Å². The summed E-state index contributed by atoms with van der Waals surface area (Å²) < 4.78 is 16.2. The molecule has 0 saturated carbocycles. The van der Waals surface area contributed by atoms with Gasteiger partial charge in [0.25, 0.3) is 0 Å². The highest BCUT2D eigenvalue weighted by atomic mass is 16.7. The van der Waals surface area contributed by atoms with Gasteiger partial charge in [0.05, 0.1) is 13.2 Å². The van der Waals surface area contributed by atoms with Crippen molar-refractivity contribution >= 4 is 0 Å². The van der Waals surface area contributed by atoms with Gasteiger partial charge in [-0.3, -0.25) is 0 Å². The second-order valence-electron chi connectivity index (χ2n) is 5.17. The predicted octanol–water partition coefficient (Wildman–Crippen LogP) is 3.89. The molecule has 0 heterocycles. The Hall–Kier alpha value is -1.16. The van der Waals surface area contributed by atoms with E-state index in [0.717, 1.165) is 0 Å². The van der Waals surface area contributed by atoms with E-state index >= 15 is 0 Å². The van der Waals surface area contributed by atoms with Crippen LogP contribution in [0.15, 0.2) is 35.9 Å². The predicted molar refractivity (Wildman–Crippen MR) is 81.8 cm³/mol. The van der Waals surface area contributed by atoms with Gasteiger partial charge in [0.2, 0.25) is 0 Å². The van der Waals surface area contributed by atoms with Gasteiger partial charge in [0.1, 0.15) is 0 Å². The largest absolute Gasteiger partial charge is 0.373 e. The van der Waals surface area contributed by atoms with Crippen molar-refractivity contribution < 1.29 is 14.2 Å². The van der Waals surface area contributed by atoms with Gasteiger partial charge < -0.3 is 14.2 Å². The summed E-state index contributed by atoms with van der Waals surface area (Å²) in [5.41, 5.74) is 3.65. The van der Waals surface area contributed by atoms with Gasteiger partial charge in [-0.05, 0) is 25.0 Å². The van der Waals surface area contributed by atoms with Crippen LogP contribution in [0.1, 0.15) is 37.8 Å². The maximum Gasteiger partial charge on any atom is 0.163 e. The van der Waals surface area contributed by atoms with E-state index in [1.807, 2.05) is 0 Å². The zero-order chi connectivity index (χ0) is 15.0. The third-order valence-electron chi connectivity index (χ3n) is 3.26. The minimum Gasteiger partial charge on any atom is -0.373 e. The number of allylic oxidation sites excluding steroid dienone is 1. The summed E-state index contributed by atoms with van der Waals surface area (Å²) in [4.78, 5) is 0. The summed E-state index contributed by atoms with van der Waals surface area (Å²) in [7, 11) is 3.33. The summed E-state index contributed by atoms with van der Waals surface area (Å²) >= 11 is 0. The second-order valence-corrected chi connectivity index (χ2v) is 5.17. The quantitative estimate of drug-likeness (QED) is 0.410. The lowest BCUT2D eigenvalue weighted by molar-refractivity contribution is -0.115. The van der Waals surface area contributed by atoms with E-state index in [4.69, 9.17) is 14.2 Å². The van der Waals surface area contributed by atoms with Crippen molar-refractivity contribution in [3.63, 3.8) is 0 Å². The Balaban J connectivity index is 2.53.